The predicted molar refractivity (Wildman–Crippen MR) is 137 cm³/mol. The van der Waals surface area contributed by atoms with Gasteiger partial charge in [-0.1, -0.05) is 42.5 Å². The van der Waals surface area contributed by atoms with Gasteiger partial charge in [-0.3, -0.25) is 9.78 Å². The summed E-state index contributed by atoms with van der Waals surface area (Å²) in [5.74, 6) is 1.42. The van der Waals surface area contributed by atoms with Crippen molar-refractivity contribution in [2.24, 2.45) is 5.92 Å². The Bertz CT molecular complexity index is 1310. The summed E-state index contributed by atoms with van der Waals surface area (Å²) in [7, 11) is 1.67. The monoisotopic (exact) mass is 450 g/mol. The average molecular weight is 451 g/mol. The van der Waals surface area contributed by atoms with Crippen molar-refractivity contribution in [3.8, 4) is 16.9 Å². The zero-order valence-electron chi connectivity index (χ0n) is 19.8. The quantitative estimate of drug-likeness (QED) is 0.358. The van der Waals surface area contributed by atoms with Crippen LogP contribution in [-0.2, 0) is 6.42 Å². The minimum absolute atomic E-state index is 0.136. The van der Waals surface area contributed by atoms with Gasteiger partial charge >= 0.3 is 0 Å². The highest BCUT2D eigenvalue weighted by molar-refractivity contribution is 5.97. The molecule has 4 heteroatoms. The summed E-state index contributed by atoms with van der Waals surface area (Å²) in [6.07, 6.45) is 5.05. The van der Waals surface area contributed by atoms with E-state index in [2.05, 4.69) is 47.1 Å². The molecule has 2 heterocycles. The molecule has 1 aromatic heterocycles. The number of carbonyl (C=O) groups is 1. The summed E-state index contributed by atoms with van der Waals surface area (Å²) in [6.45, 7) is 3.66. The second kappa shape index (κ2) is 9.68. The first-order valence-electron chi connectivity index (χ1n) is 12.0. The molecule has 1 amide bonds. The third kappa shape index (κ3) is 4.41. The number of ether oxygens (including phenoxy) is 1. The number of fused-ring (bicyclic) bond motifs is 1. The number of amides is 1. The Balaban J connectivity index is 1.35. The minimum Gasteiger partial charge on any atom is -0.497 e. The zero-order chi connectivity index (χ0) is 23.5. The maximum Gasteiger partial charge on any atom is 0.254 e. The second-order valence-corrected chi connectivity index (χ2v) is 9.16. The number of hydrogen-bond acceptors (Lipinski definition) is 3. The van der Waals surface area contributed by atoms with Gasteiger partial charge in [0.25, 0.3) is 5.91 Å². The molecule has 0 unspecified atom stereocenters. The van der Waals surface area contributed by atoms with Gasteiger partial charge in [-0.2, -0.15) is 0 Å². The van der Waals surface area contributed by atoms with Crippen LogP contribution in [0.15, 0.2) is 79.0 Å². The van der Waals surface area contributed by atoms with Crippen LogP contribution in [0, 0.1) is 12.8 Å². The van der Waals surface area contributed by atoms with Gasteiger partial charge in [0, 0.05) is 30.2 Å². The van der Waals surface area contributed by atoms with Crippen LogP contribution in [-0.4, -0.2) is 36.0 Å². The number of methoxy groups -OCH3 is 1. The van der Waals surface area contributed by atoms with E-state index in [1.165, 1.54) is 10.9 Å². The summed E-state index contributed by atoms with van der Waals surface area (Å²) in [5.41, 5.74) is 6.36. The molecule has 0 radical (unpaired) electrons. The maximum atomic E-state index is 13.6. The van der Waals surface area contributed by atoms with Crippen molar-refractivity contribution < 1.29 is 9.53 Å². The van der Waals surface area contributed by atoms with Crippen molar-refractivity contribution in [3.63, 3.8) is 0 Å². The van der Waals surface area contributed by atoms with Crippen LogP contribution in [0.25, 0.3) is 22.0 Å². The molecule has 0 N–H and O–H groups in total. The highest BCUT2D eigenvalue weighted by Gasteiger charge is 2.26. The predicted octanol–water partition coefficient (Wildman–Crippen LogP) is 6.31. The van der Waals surface area contributed by atoms with E-state index in [9.17, 15) is 4.79 Å². The average Bonchev–Trinajstić information content (AvgIpc) is 2.89. The number of benzene rings is 3. The molecule has 172 valence electrons. The Kier molecular flexibility index (Phi) is 6.31. The topological polar surface area (TPSA) is 42.4 Å². The van der Waals surface area contributed by atoms with Gasteiger partial charge in [0.1, 0.15) is 5.75 Å². The fourth-order valence-electron chi connectivity index (χ4n) is 5.18. The van der Waals surface area contributed by atoms with Gasteiger partial charge in [0.15, 0.2) is 0 Å². The van der Waals surface area contributed by atoms with E-state index >= 15 is 0 Å². The van der Waals surface area contributed by atoms with Crippen LogP contribution in [0.2, 0.25) is 0 Å². The number of nitrogens with zero attached hydrogens (tertiary/aromatic N) is 2. The Morgan fingerprint density at radius 3 is 2.68 bits per heavy atom. The number of hydrogen-bond donors (Lipinski definition) is 0. The summed E-state index contributed by atoms with van der Waals surface area (Å²) in [5, 5.41) is 1.22. The summed E-state index contributed by atoms with van der Waals surface area (Å²) < 4.78 is 5.29. The number of pyridine rings is 1. The van der Waals surface area contributed by atoms with Gasteiger partial charge in [-0.05, 0) is 84.7 Å². The van der Waals surface area contributed by atoms with E-state index in [-0.39, 0.29) is 5.91 Å². The van der Waals surface area contributed by atoms with Gasteiger partial charge in [-0.15, -0.1) is 0 Å². The molecule has 1 atom stereocenters. The van der Waals surface area contributed by atoms with Gasteiger partial charge in [0.05, 0.1) is 12.6 Å². The lowest BCUT2D eigenvalue weighted by Gasteiger charge is -2.33. The lowest BCUT2D eigenvalue weighted by Crippen LogP contribution is -2.40. The molecule has 5 rings (SSSR count). The molecule has 34 heavy (non-hydrogen) atoms. The first-order valence-corrected chi connectivity index (χ1v) is 12.0. The first kappa shape index (κ1) is 22.1. The number of aromatic nitrogens is 1. The van der Waals surface area contributed by atoms with Gasteiger partial charge < -0.3 is 9.64 Å². The third-order valence-electron chi connectivity index (χ3n) is 7.02. The van der Waals surface area contributed by atoms with Crippen LogP contribution in [0.4, 0.5) is 0 Å². The van der Waals surface area contributed by atoms with Gasteiger partial charge in [-0.25, -0.2) is 0 Å². The molecular weight excluding hydrogens is 420 g/mol. The Labute approximate surface area is 201 Å². The maximum absolute atomic E-state index is 13.6. The SMILES string of the molecule is COc1ccc(-c2cccc(C(=O)N3CCC[C@H](Cc4ccnc5ccccc45)C3)c2C)cc1. The highest BCUT2D eigenvalue weighted by atomic mass is 16.5. The fourth-order valence-corrected chi connectivity index (χ4v) is 5.18. The first-order chi connectivity index (χ1) is 16.6. The normalized spacial score (nSPS) is 15.9. The van der Waals surface area contributed by atoms with E-state index in [0.29, 0.717) is 5.92 Å². The molecule has 4 nitrogen and oxygen atoms in total. The van der Waals surface area contributed by atoms with Crippen molar-refractivity contribution in [3.05, 3.63) is 95.7 Å². The Morgan fingerprint density at radius 1 is 1.03 bits per heavy atom. The van der Waals surface area contributed by atoms with Crippen molar-refractivity contribution in [2.75, 3.05) is 20.2 Å². The van der Waals surface area contributed by atoms with Gasteiger partial charge in [0.2, 0.25) is 0 Å². The molecular formula is C30H30N2O2. The lowest BCUT2D eigenvalue weighted by molar-refractivity contribution is 0.0673. The van der Waals surface area contributed by atoms with E-state index < -0.39 is 0 Å². The third-order valence-corrected chi connectivity index (χ3v) is 7.02. The standard InChI is InChI=1S/C30H30N2O2/c1-21-26(23-12-14-25(34-2)15-13-23)9-5-10-27(21)30(33)32-18-6-7-22(20-32)19-24-16-17-31-29-11-4-3-8-28(24)29/h3-5,8-17,22H,6-7,18-20H2,1-2H3/t22-/m1/s1. The molecule has 1 aliphatic rings. The number of piperidine rings is 1. The minimum atomic E-state index is 0.136. The summed E-state index contributed by atoms with van der Waals surface area (Å²) >= 11 is 0. The van der Waals surface area contributed by atoms with Crippen molar-refractivity contribution in [1.29, 1.82) is 0 Å². The van der Waals surface area contributed by atoms with Crippen LogP contribution < -0.4 is 4.74 Å². The molecule has 0 saturated carbocycles. The molecule has 1 fully saturated rings. The molecule has 1 saturated heterocycles. The Morgan fingerprint density at radius 2 is 1.85 bits per heavy atom. The van der Waals surface area contributed by atoms with Crippen molar-refractivity contribution in [1.82, 2.24) is 9.88 Å². The molecule has 4 aromatic rings. The molecule has 0 aliphatic carbocycles. The van der Waals surface area contributed by atoms with E-state index in [0.717, 1.165) is 65.9 Å². The number of likely N-dealkylation sites (tertiary alicyclic amines) is 1. The largest absolute Gasteiger partial charge is 0.497 e. The fraction of sp³-hybridized carbons (Fsp3) is 0.267. The number of rotatable bonds is 5. The van der Waals surface area contributed by atoms with Crippen molar-refractivity contribution >= 4 is 16.8 Å². The summed E-state index contributed by atoms with van der Waals surface area (Å²) in [6, 6.07) is 24.5. The lowest BCUT2D eigenvalue weighted by atomic mass is 9.89. The van der Waals surface area contributed by atoms with Crippen LogP contribution >= 0.6 is 0 Å². The molecule has 0 bridgehead atoms. The van der Waals surface area contributed by atoms with Crippen LogP contribution in [0.3, 0.4) is 0 Å². The second-order valence-electron chi connectivity index (χ2n) is 9.16. The molecule has 1 aliphatic heterocycles. The number of carbonyl (C=O) groups excluding carboxylic acids is 1. The van der Waals surface area contributed by atoms with Crippen molar-refractivity contribution in [2.45, 2.75) is 26.2 Å². The zero-order valence-corrected chi connectivity index (χ0v) is 19.8. The molecule has 3 aromatic carbocycles. The van der Waals surface area contributed by atoms with E-state index in [1.807, 2.05) is 48.7 Å². The highest BCUT2D eigenvalue weighted by Crippen LogP contribution is 2.30. The molecule has 0 spiro atoms. The Hall–Kier alpha value is -3.66. The van der Waals surface area contributed by atoms with Crippen LogP contribution in [0.5, 0.6) is 5.75 Å². The van der Waals surface area contributed by atoms with E-state index in [4.69, 9.17) is 4.74 Å². The smallest absolute Gasteiger partial charge is 0.254 e. The van der Waals surface area contributed by atoms with E-state index in [1.54, 1.807) is 7.11 Å². The van der Waals surface area contributed by atoms with Crippen LogP contribution in [0.1, 0.15) is 34.3 Å². The summed E-state index contributed by atoms with van der Waals surface area (Å²) in [4.78, 5) is 20.2. The number of para-hydroxylation sites is 1.